The predicted octanol–water partition coefficient (Wildman–Crippen LogP) is 7.77. The van der Waals surface area contributed by atoms with Crippen LogP contribution in [0, 0.1) is 5.92 Å². The molecule has 3 aromatic carbocycles. The highest BCUT2D eigenvalue weighted by Gasteiger charge is 2.49. The second-order valence-corrected chi connectivity index (χ2v) is 18.8. The van der Waals surface area contributed by atoms with Gasteiger partial charge in [-0.3, -0.25) is 14.4 Å². The molecule has 0 spiro atoms. The van der Waals surface area contributed by atoms with Gasteiger partial charge in [-0.15, -0.1) is 0 Å². The standard InChI is InChI=1S/C41H54O6Si/c1-32(29-35(43)30-39(44)47-40(2,3)4)38(45-31-33-19-11-8-12-20-33)27-26-34(42)21-17-18-28-46-48(41(5,6)7,36-22-13-9-14-23-36)37-24-15-10-16-25-37/h8-16,19-20,22-27,32,38H,17-18,21,28-31H2,1-7H3/b27-26+/t32-,38-/m0/s1. The average Bonchev–Trinajstić information content (AvgIpc) is 3.02. The molecule has 0 amide bonds. The highest BCUT2D eigenvalue weighted by Crippen LogP contribution is 2.36. The first-order valence-electron chi connectivity index (χ1n) is 17.1. The molecule has 2 atom stereocenters. The van der Waals surface area contributed by atoms with Crippen LogP contribution in [0.5, 0.6) is 0 Å². The van der Waals surface area contributed by atoms with Gasteiger partial charge < -0.3 is 13.9 Å². The first-order valence-corrected chi connectivity index (χ1v) is 19.0. The second-order valence-electron chi connectivity index (χ2n) is 14.5. The predicted molar refractivity (Wildman–Crippen MR) is 196 cm³/mol. The van der Waals surface area contributed by atoms with Crippen LogP contribution in [0.2, 0.25) is 5.04 Å². The normalized spacial score (nSPS) is 13.6. The molecule has 0 N–H and O–H groups in total. The molecule has 48 heavy (non-hydrogen) atoms. The molecule has 0 saturated heterocycles. The summed E-state index contributed by atoms with van der Waals surface area (Å²) < 4.78 is 18.5. The molecule has 3 aromatic rings. The van der Waals surface area contributed by atoms with E-state index in [1.807, 2.05) is 49.4 Å². The van der Waals surface area contributed by atoms with Crippen LogP contribution in [0.1, 0.15) is 86.1 Å². The molecular formula is C41H54O6Si. The fourth-order valence-corrected chi connectivity index (χ4v) is 10.5. The Kier molecular flexibility index (Phi) is 14.7. The molecule has 0 bridgehead atoms. The Morgan fingerprint density at radius 3 is 1.83 bits per heavy atom. The van der Waals surface area contributed by atoms with Crippen molar-refractivity contribution < 1.29 is 28.3 Å². The zero-order valence-corrected chi connectivity index (χ0v) is 30.9. The van der Waals surface area contributed by atoms with Gasteiger partial charge in [0.15, 0.2) is 5.78 Å². The molecule has 0 radical (unpaired) electrons. The number of ketones is 2. The van der Waals surface area contributed by atoms with Crippen LogP contribution in [0.15, 0.2) is 103 Å². The Morgan fingerprint density at radius 2 is 1.31 bits per heavy atom. The molecule has 0 unspecified atom stereocenters. The summed E-state index contributed by atoms with van der Waals surface area (Å²) in [6.07, 6.45) is 4.55. The molecule has 3 rings (SSSR count). The van der Waals surface area contributed by atoms with Crippen LogP contribution in [0.4, 0.5) is 0 Å². The van der Waals surface area contributed by atoms with Gasteiger partial charge >= 0.3 is 5.97 Å². The molecule has 0 aliphatic heterocycles. The number of ether oxygens (including phenoxy) is 2. The van der Waals surface area contributed by atoms with Crippen LogP contribution in [0.3, 0.4) is 0 Å². The summed E-state index contributed by atoms with van der Waals surface area (Å²) in [5.41, 5.74) is 0.344. The van der Waals surface area contributed by atoms with Crippen molar-refractivity contribution in [3.63, 3.8) is 0 Å². The maximum atomic E-state index is 13.0. The number of hydrogen-bond acceptors (Lipinski definition) is 6. The number of Topliss-reactive ketones (excluding diaryl/α,β-unsaturated/α-hetero) is 1. The summed E-state index contributed by atoms with van der Waals surface area (Å²) in [6.45, 7) is 14.9. The van der Waals surface area contributed by atoms with Crippen molar-refractivity contribution in [2.75, 3.05) is 6.61 Å². The van der Waals surface area contributed by atoms with Crippen LogP contribution in [-0.4, -0.2) is 44.2 Å². The molecule has 0 aliphatic carbocycles. The van der Waals surface area contributed by atoms with Crippen LogP contribution >= 0.6 is 0 Å². The Bertz CT molecular complexity index is 1420. The van der Waals surface area contributed by atoms with Gasteiger partial charge in [-0.2, -0.15) is 0 Å². The van der Waals surface area contributed by atoms with Gasteiger partial charge in [0.25, 0.3) is 8.32 Å². The molecule has 0 saturated carbocycles. The van der Waals surface area contributed by atoms with E-state index in [1.165, 1.54) is 10.4 Å². The smallest absolute Gasteiger partial charge is 0.313 e. The Balaban J connectivity index is 1.62. The first-order chi connectivity index (χ1) is 22.7. The summed E-state index contributed by atoms with van der Waals surface area (Å²) in [6, 6.07) is 30.9. The summed E-state index contributed by atoms with van der Waals surface area (Å²) in [5, 5.41) is 2.37. The van der Waals surface area contributed by atoms with Gasteiger partial charge in [0.05, 0.1) is 12.7 Å². The van der Waals surface area contributed by atoms with Crippen molar-refractivity contribution in [3.8, 4) is 0 Å². The van der Waals surface area contributed by atoms with Gasteiger partial charge in [0, 0.05) is 19.4 Å². The first kappa shape index (κ1) is 38.8. The topological polar surface area (TPSA) is 78.9 Å². The molecular weight excluding hydrogens is 617 g/mol. The Hall–Kier alpha value is -3.65. The van der Waals surface area contributed by atoms with E-state index in [4.69, 9.17) is 13.9 Å². The fourth-order valence-electron chi connectivity index (χ4n) is 5.94. The van der Waals surface area contributed by atoms with E-state index >= 15 is 0 Å². The maximum Gasteiger partial charge on any atom is 0.313 e. The molecule has 0 fully saturated rings. The molecule has 0 aliphatic rings. The van der Waals surface area contributed by atoms with Gasteiger partial charge in [-0.25, -0.2) is 0 Å². The number of unbranched alkanes of at least 4 members (excludes halogenated alkanes) is 1. The molecule has 258 valence electrons. The maximum absolute atomic E-state index is 13.0. The van der Waals surface area contributed by atoms with E-state index in [9.17, 15) is 14.4 Å². The number of allylic oxidation sites excluding steroid dienone is 1. The van der Waals surface area contributed by atoms with E-state index in [0.717, 1.165) is 12.0 Å². The third-order valence-corrected chi connectivity index (χ3v) is 13.2. The van der Waals surface area contributed by atoms with Crippen molar-refractivity contribution in [1.29, 1.82) is 0 Å². The zero-order chi connectivity index (χ0) is 35.2. The lowest BCUT2D eigenvalue weighted by Crippen LogP contribution is -2.66. The highest BCUT2D eigenvalue weighted by atomic mass is 28.4. The monoisotopic (exact) mass is 670 g/mol. The van der Waals surface area contributed by atoms with Gasteiger partial charge in [0.2, 0.25) is 0 Å². The lowest BCUT2D eigenvalue weighted by Gasteiger charge is -2.43. The summed E-state index contributed by atoms with van der Waals surface area (Å²) in [4.78, 5) is 37.9. The number of rotatable bonds is 18. The Morgan fingerprint density at radius 1 is 0.771 bits per heavy atom. The summed E-state index contributed by atoms with van der Waals surface area (Å²) in [7, 11) is -2.61. The number of benzene rings is 3. The SMILES string of the molecule is C[C@@H](CC(=O)CC(=O)OC(C)(C)C)[C@H](/C=C/C(=O)CCCCO[Si](c1ccccc1)(c1ccccc1)C(C)(C)C)OCc1ccccc1. The third-order valence-electron chi connectivity index (χ3n) is 8.18. The minimum absolute atomic E-state index is 0.000964. The van der Waals surface area contributed by atoms with E-state index in [1.54, 1.807) is 32.9 Å². The number of carbonyl (C=O) groups is 3. The molecule has 0 heterocycles. The number of esters is 1. The fraction of sp³-hybridized carbons (Fsp3) is 0.439. The van der Waals surface area contributed by atoms with Crippen molar-refractivity contribution in [2.45, 2.75) is 104 Å². The minimum Gasteiger partial charge on any atom is -0.460 e. The second kappa shape index (κ2) is 18.2. The molecule has 6 nitrogen and oxygen atoms in total. The van der Waals surface area contributed by atoms with E-state index in [0.29, 0.717) is 26.1 Å². The highest BCUT2D eigenvalue weighted by molar-refractivity contribution is 6.99. The molecule has 0 aromatic heterocycles. The van der Waals surface area contributed by atoms with Gasteiger partial charge in [0.1, 0.15) is 17.8 Å². The minimum atomic E-state index is -2.61. The van der Waals surface area contributed by atoms with Crippen LogP contribution < -0.4 is 10.4 Å². The number of hydrogen-bond donors (Lipinski definition) is 0. The van der Waals surface area contributed by atoms with Crippen LogP contribution in [-0.2, 0) is 34.9 Å². The van der Waals surface area contributed by atoms with Gasteiger partial charge in [-0.1, -0.05) is 125 Å². The quantitative estimate of drug-likeness (QED) is 0.0453. The average molecular weight is 671 g/mol. The van der Waals surface area contributed by atoms with Crippen LogP contribution in [0.25, 0.3) is 0 Å². The van der Waals surface area contributed by atoms with Crippen molar-refractivity contribution >= 4 is 36.2 Å². The van der Waals surface area contributed by atoms with E-state index in [-0.39, 0.29) is 35.4 Å². The van der Waals surface area contributed by atoms with Gasteiger partial charge in [-0.05, 0) is 66.6 Å². The van der Waals surface area contributed by atoms with Crippen molar-refractivity contribution in [2.24, 2.45) is 5.92 Å². The van der Waals surface area contributed by atoms with Crippen molar-refractivity contribution in [3.05, 3.63) is 109 Å². The largest absolute Gasteiger partial charge is 0.460 e. The third kappa shape index (κ3) is 12.1. The zero-order valence-electron chi connectivity index (χ0n) is 29.9. The lowest BCUT2D eigenvalue weighted by atomic mass is 9.96. The Labute approximate surface area is 289 Å². The number of carbonyl (C=O) groups excluding carboxylic acids is 3. The van der Waals surface area contributed by atoms with E-state index in [2.05, 4.69) is 69.3 Å². The van der Waals surface area contributed by atoms with E-state index < -0.39 is 26.0 Å². The summed E-state index contributed by atoms with van der Waals surface area (Å²) >= 11 is 0. The van der Waals surface area contributed by atoms with Crippen molar-refractivity contribution in [1.82, 2.24) is 0 Å². The molecule has 7 heteroatoms. The summed E-state index contributed by atoms with van der Waals surface area (Å²) in [5.74, 6) is -0.995. The lowest BCUT2D eigenvalue weighted by molar-refractivity contribution is -0.156.